The maximum Gasteiger partial charge on any atom is 0.306 e. The number of carbonyl (C=O) groups is 1. The highest BCUT2D eigenvalue weighted by Crippen LogP contribution is 2.03. The maximum atomic E-state index is 12.7. The first-order chi connectivity index (χ1) is 10.4. The maximum absolute atomic E-state index is 12.7. The average molecular weight is 333 g/mol. The van der Waals surface area contributed by atoms with Crippen molar-refractivity contribution in [1.82, 2.24) is 4.72 Å². The fourth-order valence-corrected chi connectivity index (χ4v) is 2.58. The van der Waals surface area contributed by atoms with Gasteiger partial charge in [0.2, 0.25) is 10.0 Å². The minimum atomic E-state index is -3.50. The smallest absolute Gasteiger partial charge is 0.306 e. The third-order valence-corrected chi connectivity index (χ3v) is 4.20. The van der Waals surface area contributed by atoms with Crippen molar-refractivity contribution in [1.29, 1.82) is 0 Å². The molecule has 0 unspecified atom stereocenters. The van der Waals surface area contributed by atoms with E-state index in [4.69, 9.17) is 4.74 Å². The quantitative estimate of drug-likeness (QED) is 0.507. The molecule has 1 aromatic carbocycles. The van der Waals surface area contributed by atoms with Crippen LogP contribution in [-0.4, -0.2) is 47.0 Å². The van der Waals surface area contributed by atoms with Crippen molar-refractivity contribution in [2.75, 3.05) is 32.6 Å². The van der Waals surface area contributed by atoms with Crippen LogP contribution in [0.3, 0.4) is 0 Å². The van der Waals surface area contributed by atoms with Crippen LogP contribution in [0, 0.1) is 5.82 Å². The molecule has 0 saturated heterocycles. The molecule has 8 heteroatoms. The summed E-state index contributed by atoms with van der Waals surface area (Å²) in [5, 5.41) is 0. The normalized spacial score (nSPS) is 11.4. The summed E-state index contributed by atoms with van der Waals surface area (Å²) in [6, 6.07) is 6.11. The minimum Gasteiger partial charge on any atom is -0.469 e. The Morgan fingerprint density at radius 1 is 1.23 bits per heavy atom. The van der Waals surface area contributed by atoms with Crippen LogP contribution in [0.1, 0.15) is 12.0 Å². The zero-order chi connectivity index (χ0) is 16.4. The molecule has 0 aromatic heterocycles. The lowest BCUT2D eigenvalue weighted by molar-refractivity contribution is -0.140. The second-order valence-corrected chi connectivity index (χ2v) is 6.45. The summed E-state index contributed by atoms with van der Waals surface area (Å²) in [6.45, 7) is 0.765. The summed E-state index contributed by atoms with van der Waals surface area (Å²) in [5.41, 5.74) is 0.944. The van der Waals surface area contributed by atoms with Gasteiger partial charge >= 0.3 is 5.97 Å². The molecule has 0 saturated carbocycles. The fraction of sp³-hybridized carbons (Fsp3) is 0.500. The van der Waals surface area contributed by atoms with Crippen LogP contribution in [0.15, 0.2) is 24.3 Å². The third-order valence-electron chi connectivity index (χ3n) is 2.82. The van der Waals surface area contributed by atoms with Crippen LogP contribution in [0.4, 0.5) is 4.39 Å². The second kappa shape index (κ2) is 9.50. The Hall–Kier alpha value is -1.51. The Bertz CT molecular complexity index is 559. The molecule has 0 aliphatic heterocycles. The van der Waals surface area contributed by atoms with E-state index in [1.807, 2.05) is 0 Å². The molecule has 0 amide bonds. The van der Waals surface area contributed by atoms with E-state index in [0.29, 0.717) is 13.0 Å². The van der Waals surface area contributed by atoms with Crippen molar-refractivity contribution < 1.29 is 27.1 Å². The number of benzene rings is 1. The summed E-state index contributed by atoms with van der Waals surface area (Å²) < 4.78 is 47.8. The standard InChI is InChI=1S/C14H20FNO5S/c1-20-14(17)7-11-22(18,19)16-8-10-21-9-6-12-2-4-13(15)5-3-12/h2-5,16H,6-11H2,1H3. The van der Waals surface area contributed by atoms with Crippen LogP contribution in [0.25, 0.3) is 0 Å². The van der Waals surface area contributed by atoms with Crippen molar-refractivity contribution >= 4 is 16.0 Å². The van der Waals surface area contributed by atoms with E-state index < -0.39 is 16.0 Å². The number of halogens is 1. The third kappa shape index (κ3) is 8.06. The Morgan fingerprint density at radius 2 is 1.91 bits per heavy atom. The number of hydrogen-bond donors (Lipinski definition) is 1. The van der Waals surface area contributed by atoms with Crippen LogP contribution < -0.4 is 4.72 Å². The fourth-order valence-electron chi connectivity index (χ4n) is 1.60. The highest BCUT2D eigenvalue weighted by molar-refractivity contribution is 7.89. The molecule has 0 aliphatic carbocycles. The zero-order valence-electron chi connectivity index (χ0n) is 12.4. The summed E-state index contributed by atoms with van der Waals surface area (Å²) in [4.78, 5) is 10.9. The van der Waals surface area contributed by atoms with Crippen molar-refractivity contribution in [3.63, 3.8) is 0 Å². The molecular weight excluding hydrogens is 313 g/mol. The zero-order valence-corrected chi connectivity index (χ0v) is 13.2. The minimum absolute atomic E-state index is 0.132. The molecule has 1 rings (SSSR count). The molecule has 6 nitrogen and oxygen atoms in total. The Balaban J connectivity index is 2.11. The largest absolute Gasteiger partial charge is 0.469 e. The van der Waals surface area contributed by atoms with Gasteiger partial charge in [-0.1, -0.05) is 12.1 Å². The van der Waals surface area contributed by atoms with E-state index in [-0.39, 0.29) is 31.1 Å². The predicted octanol–water partition coefficient (Wildman–Crippen LogP) is 0.867. The van der Waals surface area contributed by atoms with Gasteiger partial charge < -0.3 is 9.47 Å². The van der Waals surface area contributed by atoms with Gasteiger partial charge in [0.1, 0.15) is 5.82 Å². The van der Waals surface area contributed by atoms with Gasteiger partial charge in [0.25, 0.3) is 0 Å². The molecule has 0 heterocycles. The van der Waals surface area contributed by atoms with E-state index >= 15 is 0 Å². The molecule has 124 valence electrons. The monoisotopic (exact) mass is 333 g/mol. The molecule has 0 radical (unpaired) electrons. The first-order valence-corrected chi connectivity index (χ1v) is 8.44. The van der Waals surface area contributed by atoms with Gasteiger partial charge in [0.15, 0.2) is 0 Å². The van der Waals surface area contributed by atoms with E-state index in [0.717, 1.165) is 5.56 Å². The Labute approximate surface area is 129 Å². The SMILES string of the molecule is COC(=O)CCS(=O)(=O)NCCOCCc1ccc(F)cc1. The first kappa shape index (κ1) is 18.5. The number of esters is 1. The number of nitrogens with one attached hydrogen (secondary N) is 1. The van der Waals surface area contributed by atoms with Crippen molar-refractivity contribution in [2.45, 2.75) is 12.8 Å². The second-order valence-electron chi connectivity index (χ2n) is 4.53. The number of hydrogen-bond acceptors (Lipinski definition) is 5. The van der Waals surface area contributed by atoms with Crippen LogP contribution in [-0.2, 0) is 30.7 Å². The Morgan fingerprint density at radius 3 is 2.55 bits per heavy atom. The Kier molecular flexibility index (Phi) is 8.00. The molecule has 0 bridgehead atoms. The number of carbonyl (C=O) groups excluding carboxylic acids is 1. The first-order valence-electron chi connectivity index (χ1n) is 6.79. The number of methoxy groups -OCH3 is 1. The summed E-state index contributed by atoms with van der Waals surface area (Å²) in [7, 11) is -2.30. The lowest BCUT2D eigenvalue weighted by Gasteiger charge is -2.07. The predicted molar refractivity (Wildman–Crippen MR) is 79.3 cm³/mol. The van der Waals surface area contributed by atoms with Crippen molar-refractivity contribution in [3.8, 4) is 0 Å². The molecule has 22 heavy (non-hydrogen) atoms. The van der Waals surface area contributed by atoms with Crippen molar-refractivity contribution in [3.05, 3.63) is 35.6 Å². The van der Waals surface area contributed by atoms with Crippen LogP contribution in [0.2, 0.25) is 0 Å². The van der Waals surface area contributed by atoms with Gasteiger partial charge in [-0.3, -0.25) is 4.79 Å². The number of sulfonamides is 1. The van der Waals surface area contributed by atoms with E-state index in [9.17, 15) is 17.6 Å². The molecule has 1 aromatic rings. The van der Waals surface area contributed by atoms with Gasteiger partial charge in [-0.25, -0.2) is 17.5 Å². The van der Waals surface area contributed by atoms with Gasteiger partial charge in [-0.2, -0.15) is 0 Å². The van der Waals surface area contributed by atoms with Gasteiger partial charge in [-0.05, 0) is 24.1 Å². The number of ether oxygens (including phenoxy) is 2. The van der Waals surface area contributed by atoms with Gasteiger partial charge in [0.05, 0.1) is 32.5 Å². The molecule has 0 aliphatic rings. The molecule has 0 spiro atoms. The summed E-state index contributed by atoms with van der Waals surface area (Å²) in [6.07, 6.45) is 0.437. The lowest BCUT2D eigenvalue weighted by atomic mass is 10.2. The highest BCUT2D eigenvalue weighted by atomic mass is 32.2. The molecule has 0 atom stereocenters. The van der Waals surface area contributed by atoms with Crippen molar-refractivity contribution in [2.24, 2.45) is 0 Å². The topological polar surface area (TPSA) is 81.7 Å². The average Bonchev–Trinajstić information content (AvgIpc) is 2.50. The van der Waals surface area contributed by atoms with E-state index in [2.05, 4.69) is 9.46 Å². The number of rotatable bonds is 10. The van der Waals surface area contributed by atoms with Gasteiger partial charge in [0, 0.05) is 6.54 Å². The summed E-state index contributed by atoms with van der Waals surface area (Å²) in [5.74, 6) is -1.16. The van der Waals surface area contributed by atoms with E-state index in [1.165, 1.54) is 19.2 Å². The summed E-state index contributed by atoms with van der Waals surface area (Å²) >= 11 is 0. The lowest BCUT2D eigenvalue weighted by Crippen LogP contribution is -2.30. The molecule has 0 fully saturated rings. The van der Waals surface area contributed by atoms with Crippen LogP contribution >= 0.6 is 0 Å². The molecule has 1 N–H and O–H groups in total. The van der Waals surface area contributed by atoms with E-state index in [1.54, 1.807) is 12.1 Å². The molecular formula is C14H20FNO5S. The van der Waals surface area contributed by atoms with Crippen LogP contribution in [0.5, 0.6) is 0 Å². The van der Waals surface area contributed by atoms with Gasteiger partial charge in [-0.15, -0.1) is 0 Å². The highest BCUT2D eigenvalue weighted by Gasteiger charge is 2.12.